The van der Waals surface area contributed by atoms with Crippen LogP contribution in [0.1, 0.15) is 23.7 Å². The molecule has 0 aliphatic rings. The Morgan fingerprint density at radius 1 is 1.17 bits per heavy atom. The number of ether oxygens (including phenoxy) is 1. The fourth-order valence-electron chi connectivity index (χ4n) is 2.95. The molecule has 0 saturated heterocycles. The van der Waals surface area contributed by atoms with Gasteiger partial charge < -0.3 is 14.6 Å². The van der Waals surface area contributed by atoms with Crippen molar-refractivity contribution in [1.29, 1.82) is 0 Å². The summed E-state index contributed by atoms with van der Waals surface area (Å²) in [5.74, 6) is 1.78. The first kappa shape index (κ1) is 19.1. The molecule has 4 aromatic rings. The van der Waals surface area contributed by atoms with Crippen molar-refractivity contribution in [2.45, 2.75) is 26.2 Å². The van der Waals surface area contributed by atoms with E-state index < -0.39 is 0 Å². The third kappa shape index (κ3) is 4.60. The fourth-order valence-corrected chi connectivity index (χ4v) is 3.82. The van der Waals surface area contributed by atoms with E-state index in [2.05, 4.69) is 20.4 Å². The Morgan fingerprint density at radius 3 is 2.79 bits per heavy atom. The van der Waals surface area contributed by atoms with Crippen molar-refractivity contribution in [2.24, 2.45) is 0 Å². The zero-order chi connectivity index (χ0) is 20.2. The standard InChI is InChI=1S/C21H20N4O3S/c1-13-22-17-11-8-15(12-18(17)29-13)23-19(26)4-3-5-20-24-21(25-28-20)14-6-9-16(27-2)10-7-14/h6-12H,3-5H2,1-2H3,(H,23,26). The summed E-state index contributed by atoms with van der Waals surface area (Å²) in [6.07, 6.45) is 1.54. The van der Waals surface area contributed by atoms with Gasteiger partial charge in [0.05, 0.1) is 22.3 Å². The number of rotatable bonds is 7. The van der Waals surface area contributed by atoms with Crippen molar-refractivity contribution in [3.63, 3.8) is 0 Å². The van der Waals surface area contributed by atoms with E-state index in [1.807, 2.05) is 49.4 Å². The van der Waals surface area contributed by atoms with Crippen LogP contribution < -0.4 is 10.1 Å². The van der Waals surface area contributed by atoms with Gasteiger partial charge in [0.2, 0.25) is 17.6 Å². The molecule has 148 valence electrons. The third-order valence-electron chi connectivity index (χ3n) is 4.39. The molecule has 29 heavy (non-hydrogen) atoms. The normalized spacial score (nSPS) is 11.0. The molecular weight excluding hydrogens is 388 g/mol. The predicted molar refractivity (Wildman–Crippen MR) is 112 cm³/mol. The van der Waals surface area contributed by atoms with Gasteiger partial charge in [-0.25, -0.2) is 4.98 Å². The topological polar surface area (TPSA) is 90.1 Å². The fraction of sp³-hybridized carbons (Fsp3) is 0.238. The molecule has 0 unspecified atom stereocenters. The van der Waals surface area contributed by atoms with Gasteiger partial charge in [-0.2, -0.15) is 4.98 Å². The molecule has 0 radical (unpaired) electrons. The summed E-state index contributed by atoms with van der Waals surface area (Å²) < 4.78 is 11.5. The van der Waals surface area contributed by atoms with Gasteiger partial charge in [0.25, 0.3) is 0 Å². The second-order valence-corrected chi connectivity index (χ2v) is 7.79. The average molecular weight is 408 g/mol. The second kappa shape index (κ2) is 8.40. The number of amides is 1. The molecule has 1 N–H and O–H groups in total. The maximum atomic E-state index is 12.2. The van der Waals surface area contributed by atoms with E-state index in [-0.39, 0.29) is 5.91 Å². The van der Waals surface area contributed by atoms with Crippen LogP contribution in [-0.2, 0) is 11.2 Å². The van der Waals surface area contributed by atoms with E-state index in [0.717, 1.165) is 32.2 Å². The summed E-state index contributed by atoms with van der Waals surface area (Å²) in [6.45, 7) is 1.97. The van der Waals surface area contributed by atoms with Gasteiger partial charge in [0, 0.05) is 24.1 Å². The summed E-state index contributed by atoms with van der Waals surface area (Å²) in [5.41, 5.74) is 2.59. The summed E-state index contributed by atoms with van der Waals surface area (Å²) in [5, 5.41) is 7.95. The molecule has 2 heterocycles. The molecule has 0 fully saturated rings. The average Bonchev–Trinajstić information content (AvgIpc) is 3.33. The summed E-state index contributed by atoms with van der Waals surface area (Å²) >= 11 is 1.61. The number of thiazole rings is 1. The van der Waals surface area contributed by atoms with Gasteiger partial charge in [0.1, 0.15) is 5.75 Å². The number of hydrogen-bond donors (Lipinski definition) is 1. The smallest absolute Gasteiger partial charge is 0.226 e. The van der Waals surface area contributed by atoms with Crippen molar-refractivity contribution >= 4 is 33.1 Å². The summed E-state index contributed by atoms with van der Waals surface area (Å²) in [4.78, 5) is 21.1. The highest BCUT2D eigenvalue weighted by Crippen LogP contribution is 2.25. The van der Waals surface area contributed by atoms with Gasteiger partial charge >= 0.3 is 0 Å². The SMILES string of the molecule is COc1ccc(-c2noc(CCCC(=O)Nc3ccc4nc(C)sc4c3)n2)cc1. The van der Waals surface area contributed by atoms with Crippen molar-refractivity contribution in [2.75, 3.05) is 12.4 Å². The molecule has 8 heteroatoms. The minimum atomic E-state index is -0.0412. The minimum Gasteiger partial charge on any atom is -0.497 e. The molecule has 0 spiro atoms. The molecule has 0 aliphatic heterocycles. The number of anilines is 1. The lowest BCUT2D eigenvalue weighted by Gasteiger charge is -2.04. The first-order valence-corrected chi connectivity index (χ1v) is 10.1. The van der Waals surface area contributed by atoms with Crippen LogP contribution in [0.2, 0.25) is 0 Å². The Kier molecular flexibility index (Phi) is 5.53. The van der Waals surface area contributed by atoms with E-state index in [4.69, 9.17) is 9.26 Å². The highest BCUT2D eigenvalue weighted by atomic mass is 32.1. The number of aryl methyl sites for hydroxylation is 2. The Bertz CT molecular complexity index is 1130. The van der Waals surface area contributed by atoms with E-state index in [9.17, 15) is 4.79 Å². The van der Waals surface area contributed by atoms with Gasteiger partial charge in [-0.3, -0.25) is 4.79 Å². The van der Waals surface area contributed by atoms with Crippen molar-refractivity contribution < 1.29 is 14.1 Å². The monoisotopic (exact) mass is 408 g/mol. The lowest BCUT2D eigenvalue weighted by atomic mass is 10.2. The Morgan fingerprint density at radius 2 is 2.00 bits per heavy atom. The van der Waals surface area contributed by atoms with E-state index in [1.165, 1.54) is 0 Å². The summed E-state index contributed by atoms with van der Waals surface area (Å²) in [7, 11) is 1.62. The maximum absolute atomic E-state index is 12.2. The molecular formula is C21H20N4O3S. The Hall–Kier alpha value is -3.26. The van der Waals surface area contributed by atoms with Crippen LogP contribution in [0, 0.1) is 6.92 Å². The zero-order valence-electron chi connectivity index (χ0n) is 16.1. The van der Waals surface area contributed by atoms with Crippen LogP contribution >= 0.6 is 11.3 Å². The number of nitrogens with one attached hydrogen (secondary N) is 1. The molecule has 4 rings (SSSR count). The predicted octanol–water partition coefficient (Wildman–Crippen LogP) is 4.62. The minimum absolute atomic E-state index is 0.0412. The number of fused-ring (bicyclic) bond motifs is 1. The van der Waals surface area contributed by atoms with Crippen LogP contribution in [0.5, 0.6) is 5.75 Å². The number of hydrogen-bond acceptors (Lipinski definition) is 7. The molecule has 0 aliphatic carbocycles. The Labute approximate surface area is 171 Å². The van der Waals surface area contributed by atoms with Crippen LogP contribution in [0.3, 0.4) is 0 Å². The van der Waals surface area contributed by atoms with Crippen molar-refractivity contribution in [3.8, 4) is 17.1 Å². The van der Waals surface area contributed by atoms with E-state index in [0.29, 0.717) is 31.0 Å². The van der Waals surface area contributed by atoms with E-state index in [1.54, 1.807) is 18.4 Å². The lowest BCUT2D eigenvalue weighted by molar-refractivity contribution is -0.116. The molecule has 2 aromatic carbocycles. The van der Waals surface area contributed by atoms with Gasteiger partial charge in [-0.15, -0.1) is 11.3 Å². The van der Waals surface area contributed by atoms with Crippen molar-refractivity contribution in [1.82, 2.24) is 15.1 Å². The van der Waals surface area contributed by atoms with Crippen LogP contribution in [-0.4, -0.2) is 28.1 Å². The number of benzene rings is 2. The number of aromatic nitrogens is 3. The van der Waals surface area contributed by atoms with Crippen LogP contribution in [0.15, 0.2) is 47.0 Å². The van der Waals surface area contributed by atoms with Crippen LogP contribution in [0.4, 0.5) is 5.69 Å². The molecule has 0 bridgehead atoms. The van der Waals surface area contributed by atoms with E-state index >= 15 is 0 Å². The van der Waals surface area contributed by atoms with Gasteiger partial charge in [-0.05, 0) is 55.8 Å². The first-order valence-electron chi connectivity index (χ1n) is 9.25. The highest BCUT2D eigenvalue weighted by molar-refractivity contribution is 7.18. The molecule has 0 atom stereocenters. The number of carbonyl (C=O) groups excluding carboxylic acids is 1. The molecule has 0 saturated carbocycles. The number of nitrogens with zero attached hydrogens (tertiary/aromatic N) is 3. The largest absolute Gasteiger partial charge is 0.497 e. The first-order chi connectivity index (χ1) is 14.1. The van der Waals surface area contributed by atoms with Crippen molar-refractivity contribution in [3.05, 3.63) is 53.4 Å². The maximum Gasteiger partial charge on any atom is 0.226 e. The lowest BCUT2D eigenvalue weighted by Crippen LogP contribution is -2.11. The second-order valence-electron chi connectivity index (χ2n) is 6.56. The Balaban J connectivity index is 1.29. The molecule has 1 amide bonds. The highest BCUT2D eigenvalue weighted by Gasteiger charge is 2.10. The number of carbonyl (C=O) groups is 1. The van der Waals surface area contributed by atoms with Gasteiger partial charge in [-0.1, -0.05) is 5.16 Å². The zero-order valence-corrected chi connectivity index (χ0v) is 17.0. The van der Waals surface area contributed by atoms with Crippen LogP contribution in [0.25, 0.3) is 21.6 Å². The summed E-state index contributed by atoms with van der Waals surface area (Å²) in [6, 6.07) is 13.2. The molecule has 7 nitrogen and oxygen atoms in total. The number of methoxy groups -OCH3 is 1. The van der Waals surface area contributed by atoms with Gasteiger partial charge in [0.15, 0.2) is 0 Å². The third-order valence-corrected chi connectivity index (χ3v) is 5.32. The molecule has 2 aromatic heterocycles. The quantitative estimate of drug-likeness (QED) is 0.480.